The molecule has 0 saturated carbocycles. The van der Waals surface area contributed by atoms with Gasteiger partial charge in [-0.2, -0.15) is 0 Å². The van der Waals surface area contributed by atoms with Gasteiger partial charge in [0.15, 0.2) is 0 Å². The Morgan fingerprint density at radius 1 is 1.14 bits per heavy atom. The molecule has 2 aromatic carbocycles. The maximum Gasteiger partial charge on any atom is 0.309 e. The van der Waals surface area contributed by atoms with Crippen LogP contribution in [0, 0.1) is 13.8 Å². The molecule has 0 N–H and O–H groups in total. The summed E-state index contributed by atoms with van der Waals surface area (Å²) in [7, 11) is 1.39. The Bertz CT molecular complexity index is 963. The molecule has 3 aromatic rings. The number of methoxy groups -OCH3 is 1. The Hall–Kier alpha value is -2.60. The molecule has 6 heteroatoms. The summed E-state index contributed by atoms with van der Waals surface area (Å²) >= 11 is 3.43. The molecule has 0 radical (unpaired) electrons. The molecule has 0 bridgehead atoms. The van der Waals surface area contributed by atoms with Gasteiger partial charge in [0.1, 0.15) is 11.5 Å². The highest BCUT2D eigenvalue weighted by molar-refractivity contribution is 9.10. The van der Waals surface area contributed by atoms with E-state index in [0.29, 0.717) is 18.9 Å². The lowest BCUT2D eigenvalue weighted by molar-refractivity contribution is -0.139. The van der Waals surface area contributed by atoms with Crippen LogP contribution in [0.3, 0.4) is 0 Å². The van der Waals surface area contributed by atoms with Gasteiger partial charge in [-0.15, -0.1) is 0 Å². The Morgan fingerprint density at radius 2 is 1.89 bits per heavy atom. The molecule has 0 fully saturated rings. The van der Waals surface area contributed by atoms with E-state index in [1.807, 2.05) is 56.3 Å². The zero-order valence-corrected chi connectivity index (χ0v) is 17.7. The van der Waals surface area contributed by atoms with E-state index >= 15 is 0 Å². The van der Waals surface area contributed by atoms with Gasteiger partial charge < -0.3 is 13.9 Å². The highest BCUT2D eigenvalue weighted by Crippen LogP contribution is 2.24. The Morgan fingerprint density at radius 3 is 2.61 bits per heavy atom. The second kappa shape index (κ2) is 9.06. The molecule has 0 aliphatic heterocycles. The van der Waals surface area contributed by atoms with E-state index in [1.165, 1.54) is 7.11 Å². The van der Waals surface area contributed by atoms with Crippen LogP contribution in [-0.4, -0.2) is 24.7 Å². The SMILES string of the molecule is COC(=O)Cc1ccc(C)c(OCCc2nc(-c3ccc(Br)cc3)oc2C)c1. The lowest BCUT2D eigenvalue weighted by atomic mass is 10.1. The van der Waals surface area contributed by atoms with Gasteiger partial charge in [0.2, 0.25) is 5.89 Å². The number of hydrogen-bond acceptors (Lipinski definition) is 5. The number of aryl methyl sites for hydroxylation is 2. The van der Waals surface area contributed by atoms with Crippen molar-refractivity contribution in [3.63, 3.8) is 0 Å². The second-order valence-electron chi connectivity index (χ2n) is 6.48. The van der Waals surface area contributed by atoms with Gasteiger partial charge in [-0.05, 0) is 55.3 Å². The van der Waals surface area contributed by atoms with Gasteiger partial charge >= 0.3 is 5.97 Å². The number of esters is 1. The number of ether oxygens (including phenoxy) is 2. The molecule has 0 amide bonds. The molecule has 1 aromatic heterocycles. The fourth-order valence-electron chi connectivity index (χ4n) is 2.78. The molecule has 0 atom stereocenters. The van der Waals surface area contributed by atoms with Crippen LogP contribution in [0.2, 0.25) is 0 Å². The van der Waals surface area contributed by atoms with Gasteiger partial charge in [0, 0.05) is 16.5 Å². The van der Waals surface area contributed by atoms with Crippen LogP contribution in [0.4, 0.5) is 0 Å². The number of carbonyl (C=O) groups excluding carboxylic acids is 1. The van der Waals surface area contributed by atoms with Crippen molar-refractivity contribution in [1.82, 2.24) is 4.98 Å². The number of oxazole rings is 1. The fraction of sp³-hybridized carbons (Fsp3) is 0.273. The first kappa shape index (κ1) is 20.1. The molecule has 3 rings (SSSR count). The average molecular weight is 444 g/mol. The van der Waals surface area contributed by atoms with Crippen LogP contribution in [0.15, 0.2) is 51.4 Å². The standard InChI is InChI=1S/C22H22BrNO4/c1-14-4-5-16(13-21(25)26-3)12-20(14)27-11-10-19-15(2)28-22(24-19)17-6-8-18(23)9-7-17/h4-9,12H,10-11,13H2,1-3H3. The molecule has 28 heavy (non-hydrogen) atoms. The smallest absolute Gasteiger partial charge is 0.309 e. The summed E-state index contributed by atoms with van der Waals surface area (Å²) in [5.41, 5.74) is 3.69. The lowest BCUT2D eigenvalue weighted by Crippen LogP contribution is -2.07. The van der Waals surface area contributed by atoms with E-state index in [9.17, 15) is 4.79 Å². The van der Waals surface area contributed by atoms with Crippen LogP contribution in [0.25, 0.3) is 11.5 Å². The van der Waals surface area contributed by atoms with Gasteiger partial charge in [-0.3, -0.25) is 4.79 Å². The van der Waals surface area contributed by atoms with Crippen molar-refractivity contribution in [1.29, 1.82) is 0 Å². The van der Waals surface area contributed by atoms with Crippen molar-refractivity contribution in [2.45, 2.75) is 26.7 Å². The minimum Gasteiger partial charge on any atom is -0.493 e. The van der Waals surface area contributed by atoms with Crippen LogP contribution < -0.4 is 4.74 Å². The van der Waals surface area contributed by atoms with Crippen molar-refractivity contribution >= 4 is 21.9 Å². The van der Waals surface area contributed by atoms with E-state index in [1.54, 1.807) is 0 Å². The van der Waals surface area contributed by atoms with E-state index in [2.05, 4.69) is 20.9 Å². The molecule has 0 aliphatic carbocycles. The number of halogens is 1. The summed E-state index contributed by atoms with van der Waals surface area (Å²) in [6.07, 6.45) is 0.860. The monoisotopic (exact) mass is 443 g/mol. The zero-order chi connectivity index (χ0) is 20.1. The van der Waals surface area contributed by atoms with Gasteiger partial charge in [-0.1, -0.05) is 28.1 Å². The topological polar surface area (TPSA) is 61.6 Å². The Kier molecular flexibility index (Phi) is 6.52. The molecule has 0 aliphatic rings. The molecule has 1 heterocycles. The van der Waals surface area contributed by atoms with Crippen LogP contribution >= 0.6 is 15.9 Å². The normalized spacial score (nSPS) is 10.7. The van der Waals surface area contributed by atoms with Crippen LogP contribution in [0.5, 0.6) is 5.75 Å². The Balaban J connectivity index is 1.64. The predicted octanol–water partition coefficient (Wildman–Crippen LogP) is 5.06. The molecule has 5 nitrogen and oxygen atoms in total. The van der Waals surface area contributed by atoms with Gasteiger partial charge in [-0.25, -0.2) is 4.98 Å². The predicted molar refractivity (Wildman–Crippen MR) is 110 cm³/mol. The highest BCUT2D eigenvalue weighted by Gasteiger charge is 2.12. The third kappa shape index (κ3) is 5.01. The first-order chi connectivity index (χ1) is 13.5. The molecular formula is C22H22BrNO4. The summed E-state index contributed by atoms with van der Waals surface area (Å²) in [4.78, 5) is 16.1. The molecule has 0 spiro atoms. The minimum atomic E-state index is -0.270. The highest BCUT2D eigenvalue weighted by atomic mass is 79.9. The van der Waals surface area contributed by atoms with Crippen molar-refractivity contribution in [3.05, 3.63) is 69.5 Å². The Labute approximate surface area is 172 Å². The average Bonchev–Trinajstić information content (AvgIpc) is 3.05. The van der Waals surface area contributed by atoms with Crippen molar-refractivity contribution in [2.75, 3.05) is 13.7 Å². The number of benzene rings is 2. The van der Waals surface area contributed by atoms with Crippen LogP contribution in [0.1, 0.15) is 22.6 Å². The van der Waals surface area contributed by atoms with Crippen molar-refractivity contribution in [3.8, 4) is 17.2 Å². The minimum absolute atomic E-state index is 0.228. The summed E-state index contributed by atoms with van der Waals surface area (Å²) < 4.78 is 17.5. The molecule has 0 saturated heterocycles. The van der Waals surface area contributed by atoms with E-state index < -0.39 is 0 Å². The van der Waals surface area contributed by atoms with Crippen LogP contribution in [-0.2, 0) is 22.4 Å². The van der Waals surface area contributed by atoms with E-state index in [4.69, 9.17) is 13.9 Å². The zero-order valence-electron chi connectivity index (χ0n) is 16.1. The number of carbonyl (C=O) groups is 1. The summed E-state index contributed by atoms with van der Waals surface area (Å²) in [5.74, 6) is 1.89. The fourth-order valence-corrected chi connectivity index (χ4v) is 3.05. The lowest BCUT2D eigenvalue weighted by Gasteiger charge is -2.10. The van der Waals surface area contributed by atoms with Gasteiger partial charge in [0.05, 0.1) is 25.8 Å². The van der Waals surface area contributed by atoms with Crippen molar-refractivity contribution in [2.24, 2.45) is 0 Å². The largest absolute Gasteiger partial charge is 0.493 e. The summed E-state index contributed by atoms with van der Waals surface area (Å²) in [5, 5.41) is 0. The first-order valence-electron chi connectivity index (χ1n) is 8.97. The molecule has 0 unspecified atom stereocenters. The quantitative estimate of drug-likeness (QED) is 0.477. The van der Waals surface area contributed by atoms with E-state index in [0.717, 1.165) is 38.4 Å². The summed E-state index contributed by atoms with van der Waals surface area (Å²) in [6.45, 7) is 4.35. The number of hydrogen-bond donors (Lipinski definition) is 0. The maximum absolute atomic E-state index is 11.5. The summed E-state index contributed by atoms with van der Waals surface area (Å²) in [6, 6.07) is 13.6. The first-order valence-corrected chi connectivity index (χ1v) is 9.77. The maximum atomic E-state index is 11.5. The third-order valence-electron chi connectivity index (χ3n) is 4.41. The molecular weight excluding hydrogens is 422 g/mol. The number of rotatable bonds is 7. The van der Waals surface area contributed by atoms with Crippen molar-refractivity contribution < 1.29 is 18.7 Å². The second-order valence-corrected chi connectivity index (χ2v) is 7.40. The van der Waals surface area contributed by atoms with Gasteiger partial charge in [0.25, 0.3) is 0 Å². The number of nitrogens with zero attached hydrogens (tertiary/aromatic N) is 1. The number of aromatic nitrogens is 1. The third-order valence-corrected chi connectivity index (χ3v) is 4.94. The molecule has 146 valence electrons. The van der Waals surface area contributed by atoms with E-state index in [-0.39, 0.29) is 12.4 Å².